The molecule has 1 aromatic carbocycles. The predicted octanol–water partition coefficient (Wildman–Crippen LogP) is 3.29. The van der Waals surface area contributed by atoms with E-state index in [4.69, 9.17) is 8.92 Å². The quantitative estimate of drug-likeness (QED) is 0.287. The van der Waals surface area contributed by atoms with Crippen molar-refractivity contribution in [3.05, 3.63) is 54.8 Å². The number of esters is 2. The normalized spacial score (nSPS) is 11.9. The van der Waals surface area contributed by atoms with Crippen molar-refractivity contribution in [1.29, 1.82) is 0 Å². The highest BCUT2D eigenvalue weighted by molar-refractivity contribution is 7.86. The molecular weight excluding hydrogens is 372 g/mol. The van der Waals surface area contributed by atoms with Gasteiger partial charge < -0.3 is 9.47 Å². The summed E-state index contributed by atoms with van der Waals surface area (Å²) in [6, 6.07) is 6.26. The number of ether oxygens (including phenoxy) is 2. The third kappa shape index (κ3) is 11.7. The summed E-state index contributed by atoms with van der Waals surface area (Å²) in [5, 5.41) is 0. The van der Waals surface area contributed by atoms with Crippen LogP contribution in [0.5, 0.6) is 0 Å². The van der Waals surface area contributed by atoms with E-state index in [2.05, 4.69) is 11.3 Å². The molecule has 0 aliphatic carbocycles. The third-order valence-electron chi connectivity index (χ3n) is 2.84. The fourth-order valence-corrected chi connectivity index (χ4v) is 2.45. The van der Waals surface area contributed by atoms with Gasteiger partial charge >= 0.3 is 11.9 Å². The number of carbonyl (C=O) groups excluding carboxylic acids is 2. The van der Waals surface area contributed by atoms with Gasteiger partial charge in [-0.2, -0.15) is 8.42 Å². The molecule has 27 heavy (non-hydrogen) atoms. The Morgan fingerprint density at radius 1 is 1.15 bits per heavy atom. The van der Waals surface area contributed by atoms with Gasteiger partial charge in [-0.1, -0.05) is 31.2 Å². The van der Waals surface area contributed by atoms with E-state index in [0.717, 1.165) is 12.0 Å². The molecule has 8 heteroatoms. The molecule has 0 saturated carbocycles. The fourth-order valence-electron chi connectivity index (χ4n) is 1.53. The molecule has 1 rings (SSSR count). The zero-order valence-electron chi connectivity index (χ0n) is 16.0. The first kappa shape index (κ1) is 24.6. The molecule has 0 amide bonds. The Bertz CT molecular complexity index is 734. The van der Waals surface area contributed by atoms with Gasteiger partial charge in [0.1, 0.15) is 12.7 Å². The number of hydrogen-bond acceptors (Lipinski definition) is 7. The topological polar surface area (TPSA) is 96.0 Å². The van der Waals surface area contributed by atoms with E-state index in [-0.39, 0.29) is 17.5 Å². The highest BCUT2D eigenvalue weighted by atomic mass is 32.2. The Hall–Kier alpha value is -2.45. The van der Waals surface area contributed by atoms with Crippen LogP contribution in [0.1, 0.15) is 32.8 Å². The highest BCUT2D eigenvalue weighted by Crippen LogP contribution is 2.14. The van der Waals surface area contributed by atoms with E-state index in [1.807, 2.05) is 13.8 Å². The van der Waals surface area contributed by atoms with Crippen LogP contribution >= 0.6 is 0 Å². The van der Waals surface area contributed by atoms with Gasteiger partial charge in [0.15, 0.2) is 0 Å². The van der Waals surface area contributed by atoms with Crippen LogP contribution in [-0.2, 0) is 33.4 Å². The average molecular weight is 398 g/mol. The van der Waals surface area contributed by atoms with Crippen molar-refractivity contribution in [2.45, 2.75) is 45.1 Å². The summed E-state index contributed by atoms with van der Waals surface area (Å²) >= 11 is 0. The maximum Gasteiger partial charge on any atom is 0.307 e. The summed E-state index contributed by atoms with van der Waals surface area (Å²) in [4.78, 5) is 20.9. The van der Waals surface area contributed by atoms with E-state index >= 15 is 0 Å². The van der Waals surface area contributed by atoms with E-state index in [1.54, 1.807) is 18.2 Å². The summed E-state index contributed by atoms with van der Waals surface area (Å²) in [5.41, 5.74) is 0.947. The van der Waals surface area contributed by atoms with Gasteiger partial charge in [0.05, 0.1) is 11.2 Å². The molecule has 0 aromatic heterocycles. The Kier molecular flexibility index (Phi) is 11.7. The Morgan fingerprint density at radius 3 is 2.19 bits per heavy atom. The minimum absolute atomic E-state index is 0.0590. The van der Waals surface area contributed by atoms with E-state index in [0.29, 0.717) is 0 Å². The van der Waals surface area contributed by atoms with Crippen LogP contribution in [0.15, 0.2) is 54.2 Å². The highest BCUT2D eigenvalue weighted by Gasteiger charge is 2.18. The van der Waals surface area contributed by atoms with Gasteiger partial charge in [-0.05, 0) is 37.6 Å². The number of rotatable bonds is 8. The lowest BCUT2D eigenvalue weighted by Crippen LogP contribution is -2.22. The lowest BCUT2D eigenvalue weighted by molar-refractivity contribution is -0.145. The molecule has 0 heterocycles. The fraction of sp³-hybridized carbons (Fsp3) is 0.368. The van der Waals surface area contributed by atoms with Gasteiger partial charge in [-0.3, -0.25) is 13.8 Å². The van der Waals surface area contributed by atoms with Gasteiger partial charge in [0, 0.05) is 13.8 Å². The van der Waals surface area contributed by atoms with Crippen LogP contribution in [0.2, 0.25) is 0 Å². The second-order valence-corrected chi connectivity index (χ2v) is 6.94. The number of aryl methyl sites for hydroxylation is 1. The number of benzene rings is 1. The molecule has 0 unspecified atom stereocenters. The first-order chi connectivity index (χ1) is 12.6. The maximum absolute atomic E-state index is 11.9. The third-order valence-corrected chi connectivity index (χ3v) is 4.14. The van der Waals surface area contributed by atoms with Crippen LogP contribution in [0.4, 0.5) is 0 Å². The van der Waals surface area contributed by atoms with Crippen molar-refractivity contribution in [3.63, 3.8) is 0 Å². The largest absolute Gasteiger partial charge is 0.456 e. The summed E-state index contributed by atoms with van der Waals surface area (Å²) in [5.74, 6) is -0.795. The van der Waals surface area contributed by atoms with Crippen molar-refractivity contribution >= 4 is 22.1 Å². The molecule has 0 saturated heterocycles. The first-order valence-electron chi connectivity index (χ1n) is 8.20. The predicted molar refractivity (Wildman–Crippen MR) is 101 cm³/mol. The molecule has 0 aliphatic rings. The van der Waals surface area contributed by atoms with Crippen LogP contribution in [0.3, 0.4) is 0 Å². The second kappa shape index (κ2) is 12.8. The SMILES string of the molecule is C=C[C@H](COS(=O)(=O)c1ccc(C)cc1)OC(C)=O.CCC=COC(C)=O. The first-order valence-corrected chi connectivity index (χ1v) is 9.61. The second-order valence-electron chi connectivity index (χ2n) is 5.32. The van der Waals surface area contributed by atoms with Gasteiger partial charge in [-0.25, -0.2) is 0 Å². The lowest BCUT2D eigenvalue weighted by Gasteiger charge is -2.13. The zero-order valence-corrected chi connectivity index (χ0v) is 16.8. The molecule has 1 atom stereocenters. The van der Waals surface area contributed by atoms with Crippen LogP contribution < -0.4 is 0 Å². The Labute approximate surface area is 160 Å². The zero-order chi connectivity index (χ0) is 20.9. The molecule has 150 valence electrons. The van der Waals surface area contributed by atoms with Crippen molar-refractivity contribution in [3.8, 4) is 0 Å². The molecule has 7 nitrogen and oxygen atoms in total. The number of allylic oxidation sites excluding steroid dienone is 1. The maximum atomic E-state index is 11.9. The molecule has 0 fully saturated rings. The summed E-state index contributed by atoms with van der Waals surface area (Å²) in [6.45, 7) is 9.58. The lowest BCUT2D eigenvalue weighted by atomic mass is 10.2. The average Bonchev–Trinajstić information content (AvgIpc) is 2.59. The van der Waals surface area contributed by atoms with Crippen molar-refractivity contribution in [2.75, 3.05) is 6.61 Å². The smallest absolute Gasteiger partial charge is 0.307 e. The van der Waals surface area contributed by atoms with Crippen molar-refractivity contribution in [2.24, 2.45) is 0 Å². The molecule has 0 spiro atoms. The molecule has 0 bridgehead atoms. The molecular formula is C19H26O7S. The molecule has 0 aliphatic heterocycles. The number of hydrogen-bond donors (Lipinski definition) is 0. The van der Waals surface area contributed by atoms with E-state index in [9.17, 15) is 18.0 Å². The van der Waals surface area contributed by atoms with E-state index in [1.165, 1.54) is 38.3 Å². The van der Waals surface area contributed by atoms with Crippen LogP contribution in [0.25, 0.3) is 0 Å². The molecule has 0 radical (unpaired) electrons. The van der Waals surface area contributed by atoms with Gasteiger partial charge in [0.25, 0.3) is 10.1 Å². The minimum Gasteiger partial charge on any atom is -0.456 e. The van der Waals surface area contributed by atoms with Crippen LogP contribution in [-0.4, -0.2) is 33.1 Å². The monoisotopic (exact) mass is 398 g/mol. The van der Waals surface area contributed by atoms with Gasteiger partial charge in [0.2, 0.25) is 0 Å². The molecule has 0 N–H and O–H groups in total. The van der Waals surface area contributed by atoms with E-state index < -0.39 is 22.2 Å². The number of carbonyl (C=O) groups is 2. The summed E-state index contributed by atoms with van der Waals surface area (Å²) in [7, 11) is -3.86. The van der Waals surface area contributed by atoms with Crippen molar-refractivity contribution < 1.29 is 31.7 Å². The van der Waals surface area contributed by atoms with Crippen LogP contribution in [0, 0.1) is 6.92 Å². The van der Waals surface area contributed by atoms with Gasteiger partial charge in [-0.15, -0.1) is 0 Å². The standard InChI is InChI=1S/C13H16O5S.C6H10O2/c1-4-12(18-11(3)14)9-17-19(15,16)13-7-5-10(2)6-8-13;1-3-4-5-8-6(2)7/h4-8,12H,1,9H2,2-3H3;4-5H,3H2,1-2H3/t12-;/m1./s1. The summed E-state index contributed by atoms with van der Waals surface area (Å²) in [6.07, 6.45) is 4.60. The summed E-state index contributed by atoms with van der Waals surface area (Å²) < 4.78 is 37.8. The molecule has 1 aromatic rings. The Balaban J connectivity index is 0.000000713. The Morgan fingerprint density at radius 2 is 1.74 bits per heavy atom. The minimum atomic E-state index is -3.86. The van der Waals surface area contributed by atoms with Crippen molar-refractivity contribution in [1.82, 2.24) is 0 Å².